The van der Waals surface area contributed by atoms with Gasteiger partial charge in [0.1, 0.15) is 0 Å². The van der Waals surface area contributed by atoms with E-state index in [4.69, 9.17) is 14.5 Å². The van der Waals surface area contributed by atoms with Gasteiger partial charge in [-0.15, -0.1) is 0 Å². The number of guanidine groups is 1. The van der Waals surface area contributed by atoms with Gasteiger partial charge < -0.3 is 25.2 Å². The third-order valence-electron chi connectivity index (χ3n) is 6.50. The molecule has 3 rings (SSSR count). The van der Waals surface area contributed by atoms with Crippen LogP contribution < -0.4 is 10.6 Å². The highest BCUT2D eigenvalue weighted by Crippen LogP contribution is 2.36. The van der Waals surface area contributed by atoms with Crippen LogP contribution in [0.15, 0.2) is 29.3 Å². The minimum absolute atomic E-state index is 0.0382. The molecule has 2 saturated heterocycles. The highest BCUT2D eigenvalue weighted by atomic mass is 16.5. The van der Waals surface area contributed by atoms with Crippen molar-refractivity contribution in [2.24, 2.45) is 10.4 Å². The molecule has 6 nitrogen and oxygen atoms in total. The van der Waals surface area contributed by atoms with E-state index in [9.17, 15) is 5.11 Å². The molecule has 6 heteroatoms. The van der Waals surface area contributed by atoms with Crippen molar-refractivity contribution in [1.82, 2.24) is 10.6 Å². The van der Waals surface area contributed by atoms with Crippen LogP contribution >= 0.6 is 0 Å². The second-order valence-corrected chi connectivity index (χ2v) is 8.53. The maximum absolute atomic E-state index is 9.47. The van der Waals surface area contributed by atoms with E-state index in [-0.39, 0.29) is 17.4 Å². The van der Waals surface area contributed by atoms with Crippen LogP contribution in [0.4, 0.5) is 0 Å². The summed E-state index contributed by atoms with van der Waals surface area (Å²) in [4.78, 5) is 4.89. The summed E-state index contributed by atoms with van der Waals surface area (Å²) in [5.41, 5.74) is 2.76. The zero-order chi connectivity index (χ0) is 20.6. The number of nitrogens with zero attached hydrogens (tertiary/aromatic N) is 1. The summed E-state index contributed by atoms with van der Waals surface area (Å²) >= 11 is 0. The number of aryl methyl sites for hydroxylation is 1. The Balaban J connectivity index is 1.74. The summed E-state index contributed by atoms with van der Waals surface area (Å²) in [5.74, 6) is 0.844. The van der Waals surface area contributed by atoms with Crippen molar-refractivity contribution in [1.29, 1.82) is 0 Å². The molecule has 162 valence electrons. The molecule has 3 N–H and O–H groups in total. The Kier molecular flexibility index (Phi) is 7.92. The smallest absolute Gasteiger partial charge is 0.191 e. The molecule has 0 aliphatic carbocycles. The Morgan fingerprint density at radius 1 is 1.10 bits per heavy atom. The summed E-state index contributed by atoms with van der Waals surface area (Å²) in [7, 11) is 0. The van der Waals surface area contributed by atoms with Gasteiger partial charge in [-0.1, -0.05) is 24.3 Å². The molecule has 1 aromatic carbocycles. The maximum atomic E-state index is 9.47. The van der Waals surface area contributed by atoms with Crippen molar-refractivity contribution >= 4 is 5.96 Å². The van der Waals surface area contributed by atoms with Crippen LogP contribution in [-0.2, 0) is 14.9 Å². The molecular formula is C23H37N3O3. The molecular weight excluding hydrogens is 366 g/mol. The van der Waals surface area contributed by atoms with Crippen molar-refractivity contribution in [3.63, 3.8) is 0 Å². The number of rotatable bonds is 8. The molecule has 0 aromatic heterocycles. The van der Waals surface area contributed by atoms with Crippen LogP contribution in [-0.4, -0.2) is 63.7 Å². The Morgan fingerprint density at radius 3 is 2.52 bits per heavy atom. The Hall–Kier alpha value is -1.63. The quantitative estimate of drug-likeness (QED) is 0.459. The van der Waals surface area contributed by atoms with Gasteiger partial charge in [0, 0.05) is 50.3 Å². The molecule has 0 bridgehead atoms. The van der Waals surface area contributed by atoms with Gasteiger partial charge >= 0.3 is 0 Å². The Bertz CT molecular complexity index is 665. The largest absolute Gasteiger partial charge is 0.396 e. The van der Waals surface area contributed by atoms with Crippen LogP contribution in [0.5, 0.6) is 0 Å². The van der Waals surface area contributed by atoms with E-state index >= 15 is 0 Å². The van der Waals surface area contributed by atoms with Gasteiger partial charge in [-0.3, -0.25) is 4.99 Å². The lowest BCUT2D eigenvalue weighted by atomic mass is 9.72. The van der Waals surface area contributed by atoms with Crippen LogP contribution in [0, 0.1) is 12.3 Å². The molecule has 0 saturated carbocycles. The second-order valence-electron chi connectivity index (χ2n) is 8.53. The molecule has 1 unspecified atom stereocenters. The first-order valence-corrected chi connectivity index (χ1v) is 11.0. The van der Waals surface area contributed by atoms with Gasteiger partial charge in [0.25, 0.3) is 0 Å². The van der Waals surface area contributed by atoms with Gasteiger partial charge in [0.15, 0.2) is 5.96 Å². The van der Waals surface area contributed by atoms with Crippen LogP contribution in [0.1, 0.15) is 43.7 Å². The van der Waals surface area contributed by atoms with E-state index in [0.717, 1.165) is 64.6 Å². The summed E-state index contributed by atoms with van der Waals surface area (Å²) in [6.07, 6.45) is 3.71. The molecule has 1 aromatic rings. The topological polar surface area (TPSA) is 75.1 Å². The molecule has 2 aliphatic rings. The van der Waals surface area contributed by atoms with Crippen LogP contribution in [0.2, 0.25) is 0 Å². The van der Waals surface area contributed by atoms with Crippen molar-refractivity contribution in [2.75, 3.05) is 52.7 Å². The lowest BCUT2D eigenvalue weighted by Gasteiger charge is -2.39. The van der Waals surface area contributed by atoms with Crippen molar-refractivity contribution in [3.05, 3.63) is 35.4 Å². The predicted molar refractivity (Wildman–Crippen MR) is 116 cm³/mol. The molecule has 29 heavy (non-hydrogen) atoms. The third kappa shape index (κ3) is 5.50. The molecule has 0 radical (unpaired) electrons. The zero-order valence-corrected chi connectivity index (χ0v) is 18.0. The highest BCUT2D eigenvalue weighted by molar-refractivity contribution is 5.80. The molecule has 1 atom stereocenters. The summed E-state index contributed by atoms with van der Waals surface area (Å²) in [5, 5.41) is 16.5. The first-order valence-electron chi connectivity index (χ1n) is 11.0. The molecule has 2 fully saturated rings. The average molecular weight is 404 g/mol. The van der Waals surface area contributed by atoms with Crippen molar-refractivity contribution < 1.29 is 14.6 Å². The van der Waals surface area contributed by atoms with E-state index < -0.39 is 0 Å². The van der Waals surface area contributed by atoms with E-state index in [1.807, 2.05) is 0 Å². The zero-order valence-electron chi connectivity index (χ0n) is 18.0. The number of ether oxygens (including phenoxy) is 2. The number of benzene rings is 1. The monoisotopic (exact) mass is 403 g/mol. The highest BCUT2D eigenvalue weighted by Gasteiger charge is 2.36. The molecule has 0 spiro atoms. The first kappa shape index (κ1) is 22.1. The van der Waals surface area contributed by atoms with Gasteiger partial charge in [-0.25, -0.2) is 0 Å². The minimum atomic E-state index is -0.0382. The predicted octanol–water partition coefficient (Wildman–Crippen LogP) is 2.39. The van der Waals surface area contributed by atoms with Gasteiger partial charge in [-0.05, 0) is 50.7 Å². The van der Waals surface area contributed by atoms with Crippen molar-refractivity contribution in [3.8, 4) is 0 Å². The van der Waals surface area contributed by atoms with Gasteiger partial charge in [0.2, 0.25) is 0 Å². The minimum Gasteiger partial charge on any atom is -0.396 e. The average Bonchev–Trinajstić information content (AvgIpc) is 3.20. The van der Waals surface area contributed by atoms with Crippen molar-refractivity contribution in [2.45, 2.75) is 44.9 Å². The number of aliphatic imine (C=N–C) groups is 1. The van der Waals surface area contributed by atoms with E-state index in [2.05, 4.69) is 48.7 Å². The SMILES string of the molecule is CCNC(=NCC1(CCO)CCOC1)NCC1(c2ccccc2C)CCOCC1. The lowest BCUT2D eigenvalue weighted by molar-refractivity contribution is 0.0511. The van der Waals surface area contributed by atoms with Crippen LogP contribution in [0.25, 0.3) is 0 Å². The number of aliphatic hydroxyl groups is 1. The van der Waals surface area contributed by atoms with Gasteiger partial charge in [-0.2, -0.15) is 0 Å². The van der Waals surface area contributed by atoms with E-state index in [1.165, 1.54) is 11.1 Å². The molecule has 2 heterocycles. The number of nitrogens with one attached hydrogen (secondary N) is 2. The Morgan fingerprint density at radius 2 is 1.86 bits per heavy atom. The Labute approximate surface area is 175 Å². The molecule has 0 amide bonds. The van der Waals surface area contributed by atoms with Gasteiger partial charge in [0.05, 0.1) is 13.2 Å². The second kappa shape index (κ2) is 10.4. The number of aliphatic hydroxyl groups excluding tert-OH is 1. The normalized spacial score (nSPS) is 24.4. The standard InChI is InChI=1S/C23H37N3O3/c1-3-24-21(25-16-22(8-12-27)9-13-29-18-22)26-17-23(10-14-28-15-11-23)20-7-5-4-6-19(20)2/h4-7,27H,3,8-18H2,1-2H3,(H2,24,25,26). The van der Waals surface area contributed by atoms with E-state index in [0.29, 0.717) is 13.2 Å². The fraction of sp³-hybridized carbons (Fsp3) is 0.696. The number of hydrogen-bond donors (Lipinski definition) is 3. The number of hydrogen-bond acceptors (Lipinski definition) is 4. The maximum Gasteiger partial charge on any atom is 0.191 e. The lowest BCUT2D eigenvalue weighted by Crippen LogP contribution is -2.48. The summed E-state index contributed by atoms with van der Waals surface area (Å²) in [6.45, 7) is 9.81. The third-order valence-corrected chi connectivity index (χ3v) is 6.50. The van der Waals surface area contributed by atoms with Crippen LogP contribution in [0.3, 0.4) is 0 Å². The summed E-state index contributed by atoms with van der Waals surface area (Å²) < 4.78 is 11.3. The fourth-order valence-corrected chi connectivity index (χ4v) is 4.60. The summed E-state index contributed by atoms with van der Waals surface area (Å²) in [6, 6.07) is 8.70. The van der Waals surface area contributed by atoms with E-state index in [1.54, 1.807) is 0 Å². The molecule has 2 aliphatic heterocycles. The first-order chi connectivity index (χ1) is 14.1. The fourth-order valence-electron chi connectivity index (χ4n) is 4.60.